The van der Waals surface area contributed by atoms with Gasteiger partial charge in [0.15, 0.2) is 0 Å². The van der Waals surface area contributed by atoms with E-state index < -0.39 is 0 Å². The van der Waals surface area contributed by atoms with Gasteiger partial charge in [-0.2, -0.15) is 0 Å². The number of nitrogens with zero attached hydrogens (tertiary/aromatic N) is 4. The van der Waals surface area contributed by atoms with E-state index in [9.17, 15) is 4.79 Å². The number of carbonyl (C=O) groups excluding carboxylic acids is 1. The van der Waals surface area contributed by atoms with Crippen molar-refractivity contribution in [2.45, 2.75) is 32.4 Å². The lowest BCUT2D eigenvalue weighted by molar-refractivity contribution is 0.0950. The first-order chi connectivity index (χ1) is 13.8. The quantitative estimate of drug-likeness (QED) is 0.719. The van der Waals surface area contributed by atoms with E-state index >= 15 is 0 Å². The van der Waals surface area contributed by atoms with Gasteiger partial charge in [0, 0.05) is 31.7 Å². The Morgan fingerprint density at radius 2 is 1.86 bits per heavy atom. The van der Waals surface area contributed by atoms with Gasteiger partial charge in [-0.3, -0.25) is 14.3 Å². The molecule has 3 heterocycles. The molecule has 4 rings (SSSR count). The molecular weight excluding hydrogens is 350 g/mol. The van der Waals surface area contributed by atoms with Crippen LogP contribution in [0.2, 0.25) is 0 Å². The number of nitrogens with one attached hydrogen (secondary N) is 1. The third kappa shape index (κ3) is 4.46. The molecule has 1 amide bonds. The van der Waals surface area contributed by atoms with Gasteiger partial charge in [-0.05, 0) is 49.2 Å². The number of pyridine rings is 1. The Hall–Kier alpha value is -2.99. The zero-order valence-electron chi connectivity index (χ0n) is 15.9. The van der Waals surface area contributed by atoms with Crippen LogP contribution in [-0.2, 0) is 13.1 Å². The van der Waals surface area contributed by atoms with E-state index in [0.717, 1.165) is 25.5 Å². The van der Waals surface area contributed by atoms with E-state index in [1.54, 1.807) is 29.4 Å². The fourth-order valence-corrected chi connectivity index (χ4v) is 3.59. The summed E-state index contributed by atoms with van der Waals surface area (Å²) in [6.45, 7) is 3.80. The highest BCUT2D eigenvalue weighted by molar-refractivity contribution is 5.93. The Bertz CT molecular complexity index is 899. The van der Waals surface area contributed by atoms with Crippen molar-refractivity contribution in [3.63, 3.8) is 0 Å². The normalized spacial score (nSPS) is 14.7. The van der Waals surface area contributed by atoms with Crippen molar-refractivity contribution in [2.75, 3.05) is 13.1 Å². The maximum Gasteiger partial charge on any atom is 0.253 e. The van der Waals surface area contributed by atoms with Gasteiger partial charge in [0.25, 0.3) is 5.91 Å². The van der Waals surface area contributed by atoms with Crippen molar-refractivity contribution in [3.8, 4) is 5.82 Å². The molecule has 0 bridgehead atoms. The zero-order valence-corrected chi connectivity index (χ0v) is 15.9. The maximum absolute atomic E-state index is 12.5. The number of aromatic nitrogens is 3. The molecule has 1 saturated heterocycles. The average Bonchev–Trinajstić information content (AvgIpc) is 3.29. The Morgan fingerprint density at radius 1 is 1.04 bits per heavy atom. The molecule has 0 saturated carbocycles. The highest BCUT2D eigenvalue weighted by Gasteiger charge is 2.13. The van der Waals surface area contributed by atoms with E-state index in [4.69, 9.17) is 0 Å². The van der Waals surface area contributed by atoms with Crippen LogP contribution in [0.15, 0.2) is 61.3 Å². The molecule has 3 aromatic rings. The van der Waals surface area contributed by atoms with Crippen LogP contribution in [-0.4, -0.2) is 38.4 Å². The molecule has 1 aliphatic heterocycles. The predicted molar refractivity (Wildman–Crippen MR) is 108 cm³/mol. The first-order valence-corrected chi connectivity index (χ1v) is 9.81. The molecule has 28 heavy (non-hydrogen) atoms. The van der Waals surface area contributed by atoms with Crippen LogP contribution in [0.25, 0.3) is 5.82 Å². The monoisotopic (exact) mass is 375 g/mol. The minimum absolute atomic E-state index is 0.113. The molecule has 0 aliphatic carbocycles. The number of likely N-dealkylation sites (tertiary alicyclic amines) is 1. The van der Waals surface area contributed by atoms with Crippen molar-refractivity contribution in [1.82, 2.24) is 24.8 Å². The standard InChI is InChI=1S/C22H25N5O/c28-22(19-8-9-21(24-15-19)27-13-10-23-17-27)25-14-18-6-2-3-7-20(18)16-26-11-4-1-5-12-26/h2-3,6-10,13,15,17H,1,4-5,11-12,14,16H2,(H,25,28). The van der Waals surface area contributed by atoms with Crippen LogP contribution in [0, 0.1) is 0 Å². The molecule has 0 radical (unpaired) electrons. The molecule has 0 atom stereocenters. The Morgan fingerprint density at radius 3 is 2.57 bits per heavy atom. The lowest BCUT2D eigenvalue weighted by atomic mass is 10.0. The fourth-order valence-electron chi connectivity index (χ4n) is 3.59. The molecule has 1 aromatic carbocycles. The summed E-state index contributed by atoms with van der Waals surface area (Å²) in [7, 11) is 0. The molecule has 6 nitrogen and oxygen atoms in total. The van der Waals surface area contributed by atoms with E-state index in [1.807, 2.05) is 18.3 Å². The Labute approximate surface area is 165 Å². The summed E-state index contributed by atoms with van der Waals surface area (Å²) >= 11 is 0. The van der Waals surface area contributed by atoms with Crippen LogP contribution in [0.5, 0.6) is 0 Å². The van der Waals surface area contributed by atoms with Crippen LogP contribution in [0.4, 0.5) is 0 Å². The summed E-state index contributed by atoms with van der Waals surface area (Å²) in [5.74, 6) is 0.624. The molecule has 2 aromatic heterocycles. The number of hydrogen-bond acceptors (Lipinski definition) is 4. The van der Waals surface area contributed by atoms with E-state index in [0.29, 0.717) is 12.1 Å². The average molecular weight is 375 g/mol. The highest BCUT2D eigenvalue weighted by Crippen LogP contribution is 2.16. The second-order valence-corrected chi connectivity index (χ2v) is 7.16. The van der Waals surface area contributed by atoms with Crippen molar-refractivity contribution in [1.29, 1.82) is 0 Å². The number of benzene rings is 1. The summed E-state index contributed by atoms with van der Waals surface area (Å²) < 4.78 is 1.80. The molecule has 0 spiro atoms. The van der Waals surface area contributed by atoms with Crippen LogP contribution >= 0.6 is 0 Å². The predicted octanol–water partition coefficient (Wildman–Crippen LogP) is 3.18. The Kier molecular flexibility index (Phi) is 5.77. The first kappa shape index (κ1) is 18.4. The van der Waals surface area contributed by atoms with Crippen molar-refractivity contribution >= 4 is 5.91 Å². The number of amides is 1. The van der Waals surface area contributed by atoms with Crippen LogP contribution < -0.4 is 5.32 Å². The molecular formula is C22H25N5O. The van der Waals surface area contributed by atoms with Crippen LogP contribution in [0.3, 0.4) is 0 Å². The van der Waals surface area contributed by atoms with Crippen molar-refractivity contribution in [2.24, 2.45) is 0 Å². The van der Waals surface area contributed by atoms with Gasteiger partial charge < -0.3 is 5.32 Å². The van der Waals surface area contributed by atoms with E-state index in [1.165, 1.54) is 30.4 Å². The zero-order chi connectivity index (χ0) is 19.2. The van der Waals surface area contributed by atoms with Crippen LogP contribution in [0.1, 0.15) is 40.7 Å². The molecule has 0 unspecified atom stereocenters. The third-order valence-corrected chi connectivity index (χ3v) is 5.18. The summed E-state index contributed by atoms with van der Waals surface area (Å²) in [4.78, 5) is 23.4. The van der Waals surface area contributed by atoms with E-state index in [2.05, 4.69) is 38.4 Å². The molecule has 144 valence electrons. The van der Waals surface area contributed by atoms with Gasteiger partial charge >= 0.3 is 0 Å². The summed E-state index contributed by atoms with van der Waals surface area (Å²) in [6.07, 6.45) is 10.7. The van der Waals surface area contributed by atoms with Gasteiger partial charge in [0.2, 0.25) is 0 Å². The number of piperidine rings is 1. The first-order valence-electron chi connectivity index (χ1n) is 9.81. The number of rotatable bonds is 6. The summed E-state index contributed by atoms with van der Waals surface area (Å²) in [5.41, 5.74) is 3.01. The number of imidazole rings is 1. The molecule has 1 N–H and O–H groups in total. The SMILES string of the molecule is O=C(NCc1ccccc1CN1CCCCC1)c1ccc(-n2ccnc2)nc1. The summed E-state index contributed by atoms with van der Waals surface area (Å²) in [6, 6.07) is 12.0. The van der Waals surface area contributed by atoms with Gasteiger partial charge in [0.05, 0.1) is 5.56 Å². The second-order valence-electron chi connectivity index (χ2n) is 7.16. The fraction of sp³-hybridized carbons (Fsp3) is 0.318. The highest BCUT2D eigenvalue weighted by atomic mass is 16.1. The molecule has 6 heteroatoms. The van der Waals surface area contributed by atoms with Crippen molar-refractivity contribution < 1.29 is 4.79 Å². The lowest BCUT2D eigenvalue weighted by Crippen LogP contribution is -2.30. The third-order valence-electron chi connectivity index (χ3n) is 5.18. The number of hydrogen-bond donors (Lipinski definition) is 1. The molecule has 1 aliphatic rings. The lowest BCUT2D eigenvalue weighted by Gasteiger charge is -2.27. The maximum atomic E-state index is 12.5. The topological polar surface area (TPSA) is 63.1 Å². The smallest absolute Gasteiger partial charge is 0.253 e. The molecule has 1 fully saturated rings. The van der Waals surface area contributed by atoms with E-state index in [-0.39, 0.29) is 5.91 Å². The van der Waals surface area contributed by atoms with Crippen molar-refractivity contribution in [3.05, 3.63) is 78.0 Å². The van der Waals surface area contributed by atoms with Gasteiger partial charge in [-0.1, -0.05) is 30.7 Å². The van der Waals surface area contributed by atoms with Gasteiger partial charge in [0.1, 0.15) is 12.1 Å². The number of carbonyl (C=O) groups is 1. The van der Waals surface area contributed by atoms with Gasteiger partial charge in [-0.15, -0.1) is 0 Å². The Balaban J connectivity index is 1.38. The summed E-state index contributed by atoms with van der Waals surface area (Å²) in [5, 5.41) is 3.03. The van der Waals surface area contributed by atoms with Gasteiger partial charge in [-0.25, -0.2) is 9.97 Å². The minimum atomic E-state index is -0.113. The second kappa shape index (κ2) is 8.80. The minimum Gasteiger partial charge on any atom is -0.348 e. The largest absolute Gasteiger partial charge is 0.348 e.